The molecule has 0 bridgehead atoms. The number of nitrogens with zero attached hydrogens (tertiary/aromatic N) is 2. The molecule has 1 atom stereocenters. The van der Waals surface area contributed by atoms with Crippen LogP contribution in [-0.4, -0.2) is 19.2 Å². The van der Waals surface area contributed by atoms with Crippen molar-refractivity contribution in [2.45, 2.75) is 26.3 Å². The van der Waals surface area contributed by atoms with Gasteiger partial charge in [-0.25, -0.2) is 9.38 Å². The fourth-order valence-corrected chi connectivity index (χ4v) is 2.20. The third-order valence-electron chi connectivity index (χ3n) is 2.97. The number of hydrogen-bond acceptors (Lipinski definition) is 2. The van der Waals surface area contributed by atoms with E-state index in [1.54, 1.807) is 0 Å². The van der Waals surface area contributed by atoms with Crippen LogP contribution in [0.25, 0.3) is 0 Å². The van der Waals surface area contributed by atoms with Crippen molar-refractivity contribution in [3.8, 4) is 6.19 Å². The van der Waals surface area contributed by atoms with Gasteiger partial charge in [-0.1, -0.05) is 31.7 Å². The van der Waals surface area contributed by atoms with Crippen molar-refractivity contribution in [2.24, 2.45) is 4.99 Å². The van der Waals surface area contributed by atoms with Crippen LogP contribution in [0.5, 0.6) is 0 Å². The van der Waals surface area contributed by atoms with Gasteiger partial charge in [-0.2, -0.15) is 5.26 Å². The molecule has 0 radical (unpaired) electrons. The van der Waals surface area contributed by atoms with Crippen LogP contribution in [0.3, 0.4) is 0 Å². The first-order valence-corrected chi connectivity index (χ1v) is 5.95. The van der Waals surface area contributed by atoms with Crippen LogP contribution >= 0.6 is 0 Å². The van der Waals surface area contributed by atoms with Gasteiger partial charge in [0.25, 0.3) is 0 Å². The predicted molar refractivity (Wildman–Crippen MR) is 74.4 cm³/mol. The zero-order valence-corrected chi connectivity index (χ0v) is 9.99. The first kappa shape index (κ1) is 15.0. The number of hydrogen-bond donors (Lipinski definition) is 2. The Morgan fingerprint density at radius 3 is 3.00 bits per heavy atom. The number of guanidine groups is 1. The monoisotopic (exact) mass is 262 g/mol. The smallest absolute Gasteiger partial charge is 0.205 e. The molecule has 2 rings (SSSR count). The number of rotatable bonds is 3. The standard InChI is InChI=1S/C13H15FN4.CH4/c14-7-8-16-13(17-9-15)18-12-6-5-10-3-1-2-4-11(10)12;/h1-4,12H,5-8H2,(H2,16,17,18);1H4/t12-;/m0./s1. The summed E-state index contributed by atoms with van der Waals surface area (Å²) >= 11 is 0. The minimum absolute atomic E-state index is 0. The summed E-state index contributed by atoms with van der Waals surface area (Å²) in [6.45, 7) is -0.467. The maximum atomic E-state index is 12.1. The molecule has 5 heteroatoms. The van der Waals surface area contributed by atoms with E-state index in [-0.39, 0.29) is 20.0 Å². The highest BCUT2D eigenvalue weighted by Crippen LogP contribution is 2.30. The summed E-state index contributed by atoms with van der Waals surface area (Å²) in [6, 6.07) is 8.33. The maximum absolute atomic E-state index is 12.1. The van der Waals surface area contributed by atoms with E-state index in [9.17, 15) is 4.39 Å². The quantitative estimate of drug-likeness (QED) is 0.380. The van der Waals surface area contributed by atoms with Crippen LogP contribution in [-0.2, 0) is 6.42 Å². The van der Waals surface area contributed by atoms with Crippen LogP contribution in [0.1, 0.15) is 31.0 Å². The second-order valence-electron chi connectivity index (χ2n) is 4.09. The summed E-state index contributed by atoms with van der Waals surface area (Å²) in [6.07, 6.45) is 3.78. The van der Waals surface area contributed by atoms with E-state index in [0.29, 0.717) is 5.96 Å². The van der Waals surface area contributed by atoms with Gasteiger partial charge >= 0.3 is 0 Å². The summed E-state index contributed by atoms with van der Waals surface area (Å²) in [7, 11) is 0. The fraction of sp³-hybridized carbons (Fsp3) is 0.429. The van der Waals surface area contributed by atoms with Gasteiger partial charge in [-0.15, -0.1) is 0 Å². The number of aryl methyl sites for hydroxylation is 1. The Balaban J connectivity index is 0.00000180. The Morgan fingerprint density at radius 2 is 2.26 bits per heavy atom. The summed E-state index contributed by atoms with van der Waals surface area (Å²) in [5, 5.41) is 14.2. The molecule has 0 saturated heterocycles. The summed E-state index contributed by atoms with van der Waals surface area (Å²) in [5.74, 6) is 0.344. The van der Waals surface area contributed by atoms with Crippen LogP contribution in [0, 0.1) is 11.5 Å². The lowest BCUT2D eigenvalue weighted by Crippen LogP contribution is -2.36. The third-order valence-corrected chi connectivity index (χ3v) is 2.97. The van der Waals surface area contributed by atoms with E-state index in [4.69, 9.17) is 5.26 Å². The van der Waals surface area contributed by atoms with Gasteiger partial charge in [0, 0.05) is 0 Å². The number of nitriles is 1. The Morgan fingerprint density at radius 1 is 1.47 bits per heavy atom. The van der Waals surface area contributed by atoms with E-state index in [0.717, 1.165) is 12.8 Å². The molecule has 0 saturated carbocycles. The molecule has 0 aliphatic heterocycles. The van der Waals surface area contributed by atoms with Crippen molar-refractivity contribution in [1.29, 1.82) is 5.26 Å². The van der Waals surface area contributed by atoms with Crippen molar-refractivity contribution in [2.75, 3.05) is 13.2 Å². The van der Waals surface area contributed by atoms with Crippen LogP contribution in [0.2, 0.25) is 0 Å². The summed E-state index contributed by atoms with van der Waals surface area (Å²) in [4.78, 5) is 3.97. The van der Waals surface area contributed by atoms with Gasteiger partial charge in [-0.3, -0.25) is 5.32 Å². The van der Waals surface area contributed by atoms with E-state index in [1.165, 1.54) is 11.1 Å². The summed E-state index contributed by atoms with van der Waals surface area (Å²) in [5.41, 5.74) is 2.54. The SMILES string of the molecule is C.N#CNC(=NCCF)N[C@H]1CCc2ccccc21. The molecule has 0 amide bonds. The molecule has 0 spiro atoms. The Labute approximate surface area is 113 Å². The fourth-order valence-electron chi connectivity index (χ4n) is 2.20. The van der Waals surface area contributed by atoms with E-state index in [2.05, 4.69) is 27.8 Å². The molecule has 1 aliphatic carbocycles. The first-order chi connectivity index (χ1) is 8.85. The van der Waals surface area contributed by atoms with Crippen LogP contribution in [0.15, 0.2) is 29.3 Å². The zero-order chi connectivity index (χ0) is 12.8. The van der Waals surface area contributed by atoms with Crippen molar-refractivity contribution < 1.29 is 4.39 Å². The van der Waals surface area contributed by atoms with Crippen LogP contribution < -0.4 is 10.6 Å². The molecule has 4 nitrogen and oxygen atoms in total. The van der Waals surface area contributed by atoms with E-state index in [1.807, 2.05) is 18.3 Å². The highest BCUT2D eigenvalue weighted by atomic mass is 19.1. The molecule has 1 aromatic rings. The van der Waals surface area contributed by atoms with Gasteiger partial charge in [0.15, 0.2) is 6.19 Å². The Kier molecular flexibility index (Phi) is 5.80. The van der Waals surface area contributed by atoms with E-state index >= 15 is 0 Å². The molecule has 1 aromatic carbocycles. The Bertz CT molecular complexity index is 479. The molecule has 2 N–H and O–H groups in total. The molecule has 102 valence electrons. The highest BCUT2D eigenvalue weighted by molar-refractivity contribution is 5.81. The number of aliphatic imine (C=N–C) groups is 1. The molecule has 0 aromatic heterocycles. The van der Waals surface area contributed by atoms with Crippen LogP contribution in [0.4, 0.5) is 4.39 Å². The molecule has 0 heterocycles. The average Bonchev–Trinajstić information content (AvgIpc) is 2.80. The minimum Gasteiger partial charge on any atom is -0.349 e. The largest absolute Gasteiger partial charge is 0.349 e. The second kappa shape index (κ2) is 7.37. The number of fused-ring (bicyclic) bond motifs is 1. The third kappa shape index (κ3) is 3.68. The van der Waals surface area contributed by atoms with Crippen molar-refractivity contribution in [3.63, 3.8) is 0 Å². The zero-order valence-electron chi connectivity index (χ0n) is 9.99. The number of halogens is 1. The van der Waals surface area contributed by atoms with Gasteiger partial charge in [0.05, 0.1) is 12.6 Å². The normalized spacial score (nSPS) is 17.1. The average molecular weight is 262 g/mol. The van der Waals surface area contributed by atoms with Gasteiger partial charge in [0.1, 0.15) is 6.67 Å². The van der Waals surface area contributed by atoms with Crippen molar-refractivity contribution in [3.05, 3.63) is 35.4 Å². The van der Waals surface area contributed by atoms with Crippen molar-refractivity contribution >= 4 is 5.96 Å². The lowest BCUT2D eigenvalue weighted by Gasteiger charge is -2.15. The lowest BCUT2D eigenvalue weighted by atomic mass is 10.1. The van der Waals surface area contributed by atoms with Gasteiger partial charge < -0.3 is 5.32 Å². The Hall–Kier alpha value is -2.09. The lowest BCUT2D eigenvalue weighted by molar-refractivity contribution is 0.503. The van der Waals surface area contributed by atoms with E-state index < -0.39 is 6.67 Å². The second-order valence-corrected chi connectivity index (χ2v) is 4.09. The van der Waals surface area contributed by atoms with Crippen molar-refractivity contribution in [1.82, 2.24) is 10.6 Å². The van der Waals surface area contributed by atoms with Gasteiger partial charge in [0.2, 0.25) is 5.96 Å². The number of nitrogens with one attached hydrogen (secondary N) is 2. The maximum Gasteiger partial charge on any atom is 0.205 e. The molecular weight excluding hydrogens is 243 g/mol. The molecule has 1 aliphatic rings. The predicted octanol–water partition coefficient (Wildman–Crippen LogP) is 2.30. The summed E-state index contributed by atoms with van der Waals surface area (Å²) < 4.78 is 12.1. The highest BCUT2D eigenvalue weighted by Gasteiger charge is 2.22. The number of alkyl halides is 1. The topological polar surface area (TPSA) is 60.2 Å². The minimum atomic E-state index is -0.528. The number of benzene rings is 1. The first-order valence-electron chi connectivity index (χ1n) is 5.95. The molecular formula is C14H19FN4. The van der Waals surface area contributed by atoms with Gasteiger partial charge in [-0.05, 0) is 24.0 Å². The molecule has 0 fully saturated rings. The molecule has 0 unspecified atom stereocenters. The molecule has 19 heavy (non-hydrogen) atoms.